The van der Waals surface area contributed by atoms with Crippen molar-refractivity contribution >= 4 is 0 Å². The van der Waals surface area contributed by atoms with Gasteiger partial charge in [-0.1, -0.05) is 36.0 Å². The summed E-state index contributed by atoms with van der Waals surface area (Å²) in [6.45, 7) is 1.06. The van der Waals surface area contributed by atoms with Gasteiger partial charge in [-0.2, -0.15) is 0 Å². The van der Waals surface area contributed by atoms with Gasteiger partial charge in [0, 0.05) is 5.56 Å². The molecular formula is C17H18O5. The van der Waals surface area contributed by atoms with Crippen molar-refractivity contribution in [3.63, 3.8) is 0 Å². The van der Waals surface area contributed by atoms with E-state index in [1.54, 1.807) is 31.2 Å². The fourth-order valence-corrected chi connectivity index (χ4v) is 2.24. The lowest BCUT2D eigenvalue weighted by molar-refractivity contribution is -0.239. The maximum absolute atomic E-state index is 10.7. The van der Waals surface area contributed by atoms with Crippen molar-refractivity contribution in [2.45, 2.75) is 36.9 Å². The minimum atomic E-state index is -2.05. The van der Waals surface area contributed by atoms with Gasteiger partial charge in [-0.05, 0) is 19.1 Å². The number of ether oxygens (including phenoxy) is 1. The van der Waals surface area contributed by atoms with E-state index < -0.39 is 36.6 Å². The quantitative estimate of drug-likeness (QED) is 0.514. The topological polar surface area (TPSA) is 90.2 Å². The maximum Gasteiger partial charge on any atom is 0.191 e. The Morgan fingerprint density at radius 2 is 1.91 bits per heavy atom. The molecule has 116 valence electrons. The molecule has 1 aromatic carbocycles. The second kappa shape index (κ2) is 6.93. The highest BCUT2D eigenvalue weighted by Gasteiger charge is 2.53. The van der Waals surface area contributed by atoms with E-state index in [9.17, 15) is 20.4 Å². The van der Waals surface area contributed by atoms with Crippen LogP contribution in [0.1, 0.15) is 12.5 Å². The Balaban J connectivity index is 2.38. The van der Waals surface area contributed by atoms with E-state index in [1.165, 1.54) is 0 Å². The lowest BCUT2D eigenvalue weighted by Crippen LogP contribution is -2.65. The summed E-state index contributed by atoms with van der Waals surface area (Å²) < 4.78 is 5.38. The molecule has 0 aromatic heterocycles. The highest BCUT2D eigenvalue weighted by Crippen LogP contribution is 2.29. The molecule has 22 heavy (non-hydrogen) atoms. The van der Waals surface area contributed by atoms with Gasteiger partial charge in [0.05, 0.1) is 6.61 Å². The van der Waals surface area contributed by atoms with Gasteiger partial charge in [-0.25, -0.2) is 0 Å². The average molecular weight is 302 g/mol. The third-order valence-corrected chi connectivity index (χ3v) is 3.50. The molecule has 0 bridgehead atoms. The highest BCUT2D eigenvalue weighted by molar-refractivity contribution is 5.39. The van der Waals surface area contributed by atoms with Crippen LogP contribution in [0.2, 0.25) is 0 Å². The van der Waals surface area contributed by atoms with E-state index in [2.05, 4.69) is 23.7 Å². The average Bonchev–Trinajstić information content (AvgIpc) is 2.55. The van der Waals surface area contributed by atoms with Crippen LogP contribution in [0.25, 0.3) is 0 Å². The summed E-state index contributed by atoms with van der Waals surface area (Å²) in [5.74, 6) is 10.5. The minimum Gasteiger partial charge on any atom is -0.394 e. The Hall–Kier alpha value is -1.86. The zero-order valence-corrected chi connectivity index (χ0v) is 12.1. The molecule has 2 rings (SSSR count). The van der Waals surface area contributed by atoms with Crippen molar-refractivity contribution < 1.29 is 25.2 Å². The first-order valence-corrected chi connectivity index (χ1v) is 6.88. The van der Waals surface area contributed by atoms with Gasteiger partial charge in [0.25, 0.3) is 0 Å². The molecule has 1 aliphatic heterocycles. The SMILES string of the molecule is CC#C[C@H]1O[C@H](CO)[C@@H](O)[C@H](O)[C@@]1(O)C#Cc1ccccc1. The van der Waals surface area contributed by atoms with Crippen LogP contribution in [-0.2, 0) is 4.74 Å². The standard InChI is InChI=1S/C17H18O5/c1-2-6-14-17(21,10-9-12-7-4-3-5-8-12)16(20)15(19)13(11-18)22-14/h3-5,7-8,13-16,18-21H,11H2,1H3/t13-,14-,15-,16+,17-/m1/s1. The summed E-state index contributed by atoms with van der Waals surface area (Å²) in [4.78, 5) is 0. The largest absolute Gasteiger partial charge is 0.394 e. The molecule has 0 amide bonds. The van der Waals surface area contributed by atoms with Crippen LogP contribution in [0.3, 0.4) is 0 Å². The molecule has 1 heterocycles. The summed E-state index contributed by atoms with van der Waals surface area (Å²) >= 11 is 0. The Kier molecular flexibility index (Phi) is 5.20. The molecule has 0 aliphatic carbocycles. The summed E-state index contributed by atoms with van der Waals surface area (Å²) in [6.07, 6.45) is -5.24. The number of aliphatic hydroxyl groups excluding tert-OH is 3. The predicted molar refractivity (Wildman–Crippen MR) is 79.5 cm³/mol. The molecule has 5 atom stereocenters. The van der Waals surface area contributed by atoms with Crippen LogP contribution in [0.15, 0.2) is 30.3 Å². The second-order valence-corrected chi connectivity index (χ2v) is 5.01. The monoisotopic (exact) mass is 302 g/mol. The van der Waals surface area contributed by atoms with Crippen LogP contribution < -0.4 is 0 Å². The summed E-state index contributed by atoms with van der Waals surface area (Å²) in [7, 11) is 0. The summed E-state index contributed by atoms with van der Waals surface area (Å²) in [6, 6.07) is 8.92. The van der Waals surface area contributed by atoms with Crippen LogP contribution in [0.4, 0.5) is 0 Å². The zero-order valence-electron chi connectivity index (χ0n) is 12.1. The van der Waals surface area contributed by atoms with Crippen LogP contribution in [0.5, 0.6) is 0 Å². The predicted octanol–water partition coefficient (Wildman–Crippen LogP) is -0.726. The number of hydrogen-bond acceptors (Lipinski definition) is 5. The van der Waals surface area contributed by atoms with Crippen molar-refractivity contribution in [1.29, 1.82) is 0 Å². The first kappa shape index (κ1) is 16.5. The van der Waals surface area contributed by atoms with E-state index in [0.29, 0.717) is 5.56 Å². The molecule has 0 spiro atoms. The number of rotatable bonds is 1. The van der Waals surface area contributed by atoms with Gasteiger partial charge >= 0.3 is 0 Å². The molecule has 1 aliphatic rings. The van der Waals surface area contributed by atoms with Gasteiger partial charge in [0.1, 0.15) is 18.3 Å². The van der Waals surface area contributed by atoms with Gasteiger partial charge in [0.15, 0.2) is 11.7 Å². The van der Waals surface area contributed by atoms with E-state index >= 15 is 0 Å². The van der Waals surface area contributed by atoms with Gasteiger partial charge in [0.2, 0.25) is 0 Å². The van der Waals surface area contributed by atoms with E-state index in [0.717, 1.165) is 0 Å². The molecular weight excluding hydrogens is 284 g/mol. The maximum atomic E-state index is 10.7. The normalized spacial score (nSPS) is 34.0. The van der Waals surface area contributed by atoms with Crippen LogP contribution in [0, 0.1) is 23.7 Å². The molecule has 4 N–H and O–H groups in total. The van der Waals surface area contributed by atoms with Crippen molar-refractivity contribution in [2.24, 2.45) is 0 Å². The van der Waals surface area contributed by atoms with Gasteiger partial charge in [-0.3, -0.25) is 0 Å². The fourth-order valence-electron chi connectivity index (χ4n) is 2.24. The third-order valence-electron chi connectivity index (χ3n) is 3.50. The summed E-state index contributed by atoms with van der Waals surface area (Å²) in [5, 5.41) is 40.0. The Labute approximate surface area is 129 Å². The Morgan fingerprint density at radius 1 is 1.23 bits per heavy atom. The number of benzene rings is 1. The Morgan fingerprint density at radius 3 is 2.50 bits per heavy atom. The molecule has 5 heteroatoms. The molecule has 0 saturated carbocycles. The van der Waals surface area contributed by atoms with Gasteiger partial charge in [-0.15, -0.1) is 5.92 Å². The third kappa shape index (κ3) is 3.15. The molecule has 0 unspecified atom stereocenters. The van der Waals surface area contributed by atoms with Crippen molar-refractivity contribution in [3.8, 4) is 23.7 Å². The molecule has 1 aromatic rings. The summed E-state index contributed by atoms with van der Waals surface area (Å²) in [5.41, 5.74) is -1.41. The minimum absolute atomic E-state index is 0.498. The Bertz CT molecular complexity index is 621. The van der Waals surface area contributed by atoms with E-state index in [1.807, 2.05) is 6.07 Å². The molecule has 1 fully saturated rings. The lowest BCUT2D eigenvalue weighted by atomic mass is 9.82. The number of aliphatic hydroxyl groups is 4. The smallest absolute Gasteiger partial charge is 0.191 e. The van der Waals surface area contributed by atoms with E-state index in [4.69, 9.17) is 4.74 Å². The molecule has 0 radical (unpaired) electrons. The zero-order chi connectivity index (χ0) is 16.2. The first-order chi connectivity index (χ1) is 10.5. The number of hydrogen-bond donors (Lipinski definition) is 4. The van der Waals surface area contributed by atoms with Crippen molar-refractivity contribution in [3.05, 3.63) is 35.9 Å². The highest BCUT2D eigenvalue weighted by atomic mass is 16.5. The lowest BCUT2D eigenvalue weighted by Gasteiger charge is -2.43. The van der Waals surface area contributed by atoms with E-state index in [-0.39, 0.29) is 0 Å². The molecule has 1 saturated heterocycles. The van der Waals surface area contributed by atoms with Gasteiger partial charge < -0.3 is 25.2 Å². The van der Waals surface area contributed by atoms with Crippen molar-refractivity contribution in [1.82, 2.24) is 0 Å². The van der Waals surface area contributed by atoms with Crippen LogP contribution >= 0.6 is 0 Å². The second-order valence-electron chi connectivity index (χ2n) is 5.01. The first-order valence-electron chi connectivity index (χ1n) is 6.88. The van der Waals surface area contributed by atoms with Crippen LogP contribution in [-0.4, -0.2) is 57.0 Å². The fraction of sp³-hybridized carbons (Fsp3) is 0.412. The van der Waals surface area contributed by atoms with Crippen molar-refractivity contribution in [2.75, 3.05) is 6.61 Å². The molecule has 5 nitrogen and oxygen atoms in total.